The molecule has 3 aliphatic heterocycles. The van der Waals surface area contributed by atoms with Crippen LogP contribution in [-0.4, -0.2) is 50.5 Å². The third-order valence-electron chi connectivity index (χ3n) is 5.51. The molecule has 1 fully saturated rings. The van der Waals surface area contributed by atoms with Crippen molar-refractivity contribution in [2.75, 3.05) is 31.8 Å². The van der Waals surface area contributed by atoms with Crippen molar-refractivity contribution in [2.24, 2.45) is 5.92 Å². The number of benzene rings is 1. The van der Waals surface area contributed by atoms with E-state index >= 15 is 0 Å². The summed E-state index contributed by atoms with van der Waals surface area (Å²) in [5.41, 5.74) is 1.70. The molecule has 4 heterocycles. The van der Waals surface area contributed by atoms with Crippen molar-refractivity contribution in [3.05, 3.63) is 42.2 Å². The maximum atomic E-state index is 13.2. The van der Waals surface area contributed by atoms with Crippen molar-refractivity contribution in [3.63, 3.8) is 0 Å². The van der Waals surface area contributed by atoms with Gasteiger partial charge in [-0.15, -0.1) is 0 Å². The first-order valence-electron chi connectivity index (χ1n) is 8.58. The Morgan fingerprint density at radius 2 is 1.89 bits per heavy atom. The predicted octanol–water partition coefficient (Wildman–Crippen LogP) is 1.19. The second-order valence-electron chi connectivity index (χ2n) is 6.88. The highest BCUT2D eigenvalue weighted by Crippen LogP contribution is 2.44. The quantitative estimate of drug-likeness (QED) is 0.769. The molecule has 0 unspecified atom stereocenters. The first-order chi connectivity index (χ1) is 13.0. The van der Waals surface area contributed by atoms with Crippen molar-refractivity contribution >= 4 is 21.6 Å². The molecule has 2 atom stereocenters. The Kier molecular flexibility index (Phi) is 3.47. The van der Waals surface area contributed by atoms with E-state index in [4.69, 9.17) is 9.47 Å². The van der Waals surface area contributed by atoms with Gasteiger partial charge in [-0.25, -0.2) is 8.42 Å². The van der Waals surface area contributed by atoms with Gasteiger partial charge in [-0.1, -0.05) is 0 Å². The minimum atomic E-state index is -3.75. The van der Waals surface area contributed by atoms with Crippen LogP contribution in [0, 0.1) is 5.92 Å². The molecule has 3 aliphatic rings. The molecule has 0 radical (unpaired) electrons. The highest BCUT2D eigenvalue weighted by molar-refractivity contribution is 7.89. The zero-order valence-corrected chi connectivity index (χ0v) is 15.3. The SMILES string of the molecule is CN1C(=O)[C@@H]2CN(S(=O)(=O)c3ccc4c(c3)OCO4)C[C@@H]2c2ccncc21. The van der Waals surface area contributed by atoms with Gasteiger partial charge in [-0.05, 0) is 23.8 Å². The summed E-state index contributed by atoms with van der Waals surface area (Å²) in [6, 6.07) is 6.45. The van der Waals surface area contributed by atoms with Gasteiger partial charge in [0.05, 0.1) is 22.7 Å². The lowest BCUT2D eigenvalue weighted by Gasteiger charge is -2.32. The summed E-state index contributed by atoms with van der Waals surface area (Å²) in [6.45, 7) is 0.503. The number of nitrogens with zero attached hydrogens (tertiary/aromatic N) is 3. The highest BCUT2D eigenvalue weighted by atomic mass is 32.2. The minimum absolute atomic E-state index is 0.0797. The van der Waals surface area contributed by atoms with Crippen LogP contribution in [0.5, 0.6) is 11.5 Å². The number of ether oxygens (including phenoxy) is 2. The monoisotopic (exact) mass is 387 g/mol. The molecule has 0 N–H and O–H groups in total. The van der Waals surface area contributed by atoms with E-state index in [-0.39, 0.29) is 36.6 Å². The molecule has 0 aliphatic carbocycles. The Morgan fingerprint density at radius 3 is 2.74 bits per heavy atom. The van der Waals surface area contributed by atoms with E-state index in [9.17, 15) is 13.2 Å². The first kappa shape index (κ1) is 16.5. The van der Waals surface area contributed by atoms with E-state index in [0.717, 1.165) is 11.3 Å². The lowest BCUT2D eigenvalue weighted by molar-refractivity contribution is -0.122. The molecule has 1 amide bonds. The summed E-state index contributed by atoms with van der Waals surface area (Å²) in [6.07, 6.45) is 3.33. The number of fused-ring (bicyclic) bond motifs is 4. The largest absolute Gasteiger partial charge is 0.454 e. The number of hydrogen-bond donors (Lipinski definition) is 0. The molecule has 1 aromatic heterocycles. The molecule has 5 rings (SSSR count). The van der Waals surface area contributed by atoms with E-state index in [1.807, 2.05) is 6.07 Å². The Morgan fingerprint density at radius 1 is 1.11 bits per heavy atom. The smallest absolute Gasteiger partial charge is 0.243 e. The van der Waals surface area contributed by atoms with Gasteiger partial charge < -0.3 is 14.4 Å². The van der Waals surface area contributed by atoms with Gasteiger partial charge >= 0.3 is 0 Å². The van der Waals surface area contributed by atoms with Crippen LogP contribution in [0.3, 0.4) is 0 Å². The summed E-state index contributed by atoms with van der Waals surface area (Å²) in [5.74, 6) is 0.301. The normalized spacial score (nSPS) is 24.0. The van der Waals surface area contributed by atoms with Gasteiger partial charge in [0.15, 0.2) is 11.5 Å². The van der Waals surface area contributed by atoms with E-state index in [2.05, 4.69) is 4.98 Å². The zero-order valence-electron chi connectivity index (χ0n) is 14.5. The fraction of sp³-hybridized carbons (Fsp3) is 0.333. The standard InChI is InChI=1S/C18H17N3O5S/c1-20-15-7-19-5-4-12(15)13-8-21(9-14(13)18(20)22)27(23,24)11-2-3-16-17(6-11)26-10-25-16/h2-7,13-14H,8-10H2,1H3/t13-,14-/m1/s1. The molecule has 1 saturated heterocycles. The van der Waals surface area contributed by atoms with Crippen LogP contribution in [0.4, 0.5) is 5.69 Å². The average molecular weight is 387 g/mol. The number of anilines is 1. The van der Waals surface area contributed by atoms with Crippen molar-refractivity contribution < 1.29 is 22.7 Å². The van der Waals surface area contributed by atoms with Crippen LogP contribution in [0.15, 0.2) is 41.6 Å². The summed E-state index contributed by atoms with van der Waals surface area (Å²) < 4.78 is 38.3. The molecule has 1 aromatic carbocycles. The third kappa shape index (κ3) is 2.35. The van der Waals surface area contributed by atoms with Gasteiger partial charge in [0.2, 0.25) is 22.7 Å². The molecule has 2 aromatic rings. The number of amides is 1. The summed E-state index contributed by atoms with van der Waals surface area (Å²) in [4.78, 5) is 18.6. The minimum Gasteiger partial charge on any atom is -0.454 e. The van der Waals surface area contributed by atoms with Crippen LogP contribution in [0.2, 0.25) is 0 Å². The van der Waals surface area contributed by atoms with Crippen LogP contribution in [-0.2, 0) is 14.8 Å². The lowest BCUT2D eigenvalue weighted by atomic mass is 9.84. The number of hydrogen-bond acceptors (Lipinski definition) is 6. The number of carbonyl (C=O) groups is 1. The fourth-order valence-electron chi connectivity index (χ4n) is 4.07. The maximum absolute atomic E-state index is 13.2. The summed E-state index contributed by atoms with van der Waals surface area (Å²) in [5, 5.41) is 0. The Hall–Kier alpha value is -2.65. The summed E-state index contributed by atoms with van der Waals surface area (Å²) >= 11 is 0. The van der Waals surface area contributed by atoms with Crippen molar-refractivity contribution in [2.45, 2.75) is 10.8 Å². The van der Waals surface area contributed by atoms with E-state index in [1.54, 1.807) is 30.4 Å². The highest BCUT2D eigenvalue weighted by Gasteiger charge is 2.48. The molecule has 0 saturated carbocycles. The number of sulfonamides is 1. The third-order valence-corrected chi connectivity index (χ3v) is 7.34. The van der Waals surface area contributed by atoms with E-state index in [0.29, 0.717) is 11.5 Å². The van der Waals surface area contributed by atoms with Gasteiger partial charge in [0.1, 0.15) is 0 Å². The van der Waals surface area contributed by atoms with E-state index < -0.39 is 15.9 Å². The maximum Gasteiger partial charge on any atom is 0.243 e. The average Bonchev–Trinajstić information content (AvgIpc) is 3.33. The van der Waals surface area contributed by atoms with Crippen LogP contribution in [0.25, 0.3) is 0 Å². The summed E-state index contributed by atoms with van der Waals surface area (Å²) in [7, 11) is -2.05. The Labute approximate surface area is 156 Å². The fourth-order valence-corrected chi connectivity index (χ4v) is 5.58. The molecular weight excluding hydrogens is 370 g/mol. The van der Waals surface area contributed by atoms with Crippen molar-refractivity contribution in [3.8, 4) is 11.5 Å². The molecule has 8 nitrogen and oxygen atoms in total. The topological polar surface area (TPSA) is 89.0 Å². The zero-order chi connectivity index (χ0) is 18.8. The van der Waals surface area contributed by atoms with Crippen molar-refractivity contribution in [1.82, 2.24) is 9.29 Å². The predicted molar refractivity (Wildman–Crippen MR) is 95.2 cm³/mol. The van der Waals surface area contributed by atoms with Crippen LogP contribution >= 0.6 is 0 Å². The molecule has 27 heavy (non-hydrogen) atoms. The van der Waals surface area contributed by atoms with Crippen LogP contribution in [0.1, 0.15) is 11.5 Å². The molecule has 0 bridgehead atoms. The van der Waals surface area contributed by atoms with Gasteiger partial charge in [0.25, 0.3) is 0 Å². The molecule has 9 heteroatoms. The number of aromatic nitrogens is 1. The molecule has 0 spiro atoms. The Balaban J connectivity index is 1.51. The van der Waals surface area contributed by atoms with E-state index in [1.165, 1.54) is 16.4 Å². The number of pyridine rings is 1. The van der Waals surface area contributed by atoms with Gasteiger partial charge in [0, 0.05) is 38.3 Å². The second-order valence-corrected chi connectivity index (χ2v) is 8.82. The first-order valence-corrected chi connectivity index (χ1v) is 10.0. The number of carbonyl (C=O) groups excluding carboxylic acids is 1. The molecular formula is C18H17N3O5S. The Bertz CT molecular complexity index is 1050. The lowest BCUT2D eigenvalue weighted by Crippen LogP contribution is -2.41. The van der Waals surface area contributed by atoms with Gasteiger partial charge in [-0.3, -0.25) is 9.78 Å². The van der Waals surface area contributed by atoms with Crippen LogP contribution < -0.4 is 14.4 Å². The molecule has 140 valence electrons. The number of rotatable bonds is 2. The van der Waals surface area contributed by atoms with Crippen molar-refractivity contribution in [1.29, 1.82) is 0 Å². The van der Waals surface area contributed by atoms with Gasteiger partial charge in [-0.2, -0.15) is 4.31 Å². The second kappa shape index (κ2) is 5.67.